The monoisotopic (exact) mass is 288 g/mol. The summed E-state index contributed by atoms with van der Waals surface area (Å²) in [6.45, 7) is 6.09. The van der Waals surface area contributed by atoms with Crippen molar-refractivity contribution in [1.29, 1.82) is 0 Å². The molecule has 19 heavy (non-hydrogen) atoms. The zero-order chi connectivity index (χ0) is 12.8. The van der Waals surface area contributed by atoms with Crippen molar-refractivity contribution in [3.05, 3.63) is 29.3 Å². The van der Waals surface area contributed by atoms with Crippen LogP contribution in [0.25, 0.3) is 0 Å². The maximum Gasteiger partial charge on any atom is 0.160 e. The summed E-state index contributed by atoms with van der Waals surface area (Å²) < 4.78 is 26.5. The number of halogens is 3. The van der Waals surface area contributed by atoms with Crippen molar-refractivity contribution in [2.24, 2.45) is 5.41 Å². The Bertz CT molecular complexity index is 473. The van der Waals surface area contributed by atoms with Crippen LogP contribution in [-0.4, -0.2) is 26.2 Å². The van der Waals surface area contributed by atoms with Gasteiger partial charge in [-0.15, -0.1) is 12.4 Å². The third-order valence-corrected chi connectivity index (χ3v) is 4.14. The third-order valence-electron chi connectivity index (χ3n) is 4.14. The van der Waals surface area contributed by atoms with Gasteiger partial charge in [0.05, 0.1) is 0 Å². The molecular formula is C14H19ClF2N2. The van der Waals surface area contributed by atoms with E-state index in [9.17, 15) is 8.78 Å². The molecule has 5 heteroatoms. The maximum atomic E-state index is 13.3. The van der Waals surface area contributed by atoms with E-state index < -0.39 is 11.6 Å². The summed E-state index contributed by atoms with van der Waals surface area (Å²) in [6.07, 6.45) is 1.96. The van der Waals surface area contributed by atoms with Gasteiger partial charge in [-0.2, -0.15) is 0 Å². The highest BCUT2D eigenvalue weighted by atomic mass is 35.5. The van der Waals surface area contributed by atoms with Crippen LogP contribution < -0.4 is 10.2 Å². The van der Waals surface area contributed by atoms with Crippen molar-refractivity contribution in [2.75, 3.05) is 31.1 Å². The number of fused-ring (bicyclic) bond motifs is 1. The molecule has 2 aliphatic rings. The van der Waals surface area contributed by atoms with Crippen molar-refractivity contribution in [3.8, 4) is 0 Å². The molecule has 0 aromatic heterocycles. The molecule has 0 spiro atoms. The highest BCUT2D eigenvalue weighted by Gasteiger charge is 2.33. The molecule has 1 aromatic rings. The number of hydrogen-bond donors (Lipinski definition) is 1. The first-order valence-electron chi connectivity index (χ1n) is 6.51. The van der Waals surface area contributed by atoms with Gasteiger partial charge in [-0.25, -0.2) is 8.78 Å². The fourth-order valence-electron chi connectivity index (χ4n) is 3.08. The van der Waals surface area contributed by atoms with Crippen molar-refractivity contribution >= 4 is 18.1 Å². The van der Waals surface area contributed by atoms with Crippen molar-refractivity contribution in [1.82, 2.24) is 5.32 Å². The van der Waals surface area contributed by atoms with Crippen molar-refractivity contribution < 1.29 is 8.78 Å². The molecule has 2 aliphatic heterocycles. The zero-order valence-electron chi connectivity index (χ0n) is 11.0. The third kappa shape index (κ3) is 2.70. The number of benzene rings is 1. The van der Waals surface area contributed by atoms with Crippen LogP contribution in [0, 0.1) is 17.0 Å². The fourth-order valence-corrected chi connectivity index (χ4v) is 3.08. The van der Waals surface area contributed by atoms with Crippen LogP contribution in [0.4, 0.5) is 14.5 Å². The number of anilines is 1. The van der Waals surface area contributed by atoms with E-state index in [4.69, 9.17) is 0 Å². The Morgan fingerprint density at radius 2 is 2.05 bits per heavy atom. The van der Waals surface area contributed by atoms with Gasteiger partial charge in [0, 0.05) is 31.4 Å². The molecule has 2 heterocycles. The van der Waals surface area contributed by atoms with Gasteiger partial charge < -0.3 is 10.2 Å². The summed E-state index contributed by atoms with van der Waals surface area (Å²) in [5, 5.41) is 3.37. The molecule has 3 rings (SSSR count). The molecule has 0 saturated carbocycles. The van der Waals surface area contributed by atoms with E-state index in [-0.39, 0.29) is 17.8 Å². The Balaban J connectivity index is 0.00000133. The number of hydrogen-bond acceptors (Lipinski definition) is 2. The number of rotatable bonds is 2. The minimum atomic E-state index is -0.740. The van der Waals surface area contributed by atoms with Crippen molar-refractivity contribution in [3.63, 3.8) is 0 Å². The van der Waals surface area contributed by atoms with Gasteiger partial charge in [0.15, 0.2) is 11.6 Å². The van der Waals surface area contributed by atoms with Crippen LogP contribution in [0.2, 0.25) is 0 Å². The van der Waals surface area contributed by atoms with Crippen LogP contribution in [-0.2, 0) is 6.42 Å². The first-order chi connectivity index (χ1) is 8.57. The van der Waals surface area contributed by atoms with Crippen LogP contribution >= 0.6 is 12.4 Å². The molecule has 1 fully saturated rings. The molecule has 0 amide bonds. The van der Waals surface area contributed by atoms with E-state index in [1.54, 1.807) is 0 Å². The van der Waals surface area contributed by atoms with Crippen LogP contribution in [0.5, 0.6) is 0 Å². The first kappa shape index (κ1) is 14.5. The molecule has 1 N–H and O–H groups in total. The molecule has 0 radical (unpaired) electrons. The van der Waals surface area contributed by atoms with E-state index in [1.165, 1.54) is 12.1 Å². The molecule has 1 atom stereocenters. The summed E-state index contributed by atoms with van der Waals surface area (Å²) in [7, 11) is 0. The predicted octanol–water partition coefficient (Wildman–Crippen LogP) is 2.75. The molecular weight excluding hydrogens is 270 g/mol. The number of nitrogens with zero attached hydrogens (tertiary/aromatic N) is 1. The van der Waals surface area contributed by atoms with Crippen molar-refractivity contribution in [2.45, 2.75) is 19.8 Å². The SMILES string of the molecule is CC1(CN2CCc3cc(F)c(F)cc32)CCNC1.Cl. The smallest absolute Gasteiger partial charge is 0.160 e. The minimum absolute atomic E-state index is 0. The lowest BCUT2D eigenvalue weighted by Gasteiger charge is -2.31. The molecule has 2 nitrogen and oxygen atoms in total. The molecule has 106 valence electrons. The van der Waals surface area contributed by atoms with Gasteiger partial charge in [0.25, 0.3) is 0 Å². The van der Waals surface area contributed by atoms with Crippen LogP contribution in [0.3, 0.4) is 0 Å². The lowest BCUT2D eigenvalue weighted by Crippen LogP contribution is -2.36. The fraction of sp³-hybridized carbons (Fsp3) is 0.571. The Hall–Kier alpha value is -0.870. The van der Waals surface area contributed by atoms with Gasteiger partial charge in [0.2, 0.25) is 0 Å². The Kier molecular flexibility index (Phi) is 4.02. The van der Waals surface area contributed by atoms with Gasteiger partial charge >= 0.3 is 0 Å². The predicted molar refractivity (Wildman–Crippen MR) is 75.1 cm³/mol. The van der Waals surface area contributed by atoms with Crippen LogP contribution in [0.1, 0.15) is 18.9 Å². The van der Waals surface area contributed by atoms with E-state index in [0.29, 0.717) is 0 Å². The largest absolute Gasteiger partial charge is 0.370 e. The first-order valence-corrected chi connectivity index (χ1v) is 6.51. The van der Waals surface area contributed by atoms with E-state index in [0.717, 1.165) is 50.3 Å². The quantitative estimate of drug-likeness (QED) is 0.900. The van der Waals surface area contributed by atoms with Crippen LogP contribution in [0.15, 0.2) is 12.1 Å². The van der Waals surface area contributed by atoms with Gasteiger partial charge in [-0.1, -0.05) is 6.92 Å². The summed E-state index contributed by atoms with van der Waals surface area (Å²) >= 11 is 0. The standard InChI is InChI=1S/C14H18F2N2.ClH/c1-14(3-4-17-8-14)9-18-5-2-10-6-11(15)12(16)7-13(10)18;/h6-7,17H,2-5,8-9H2,1H3;1H. The average molecular weight is 289 g/mol. The summed E-state index contributed by atoms with van der Waals surface area (Å²) in [5.41, 5.74) is 2.05. The van der Waals surface area contributed by atoms with E-state index in [2.05, 4.69) is 17.1 Å². The summed E-state index contributed by atoms with van der Waals surface area (Å²) in [4.78, 5) is 2.20. The highest BCUT2D eigenvalue weighted by molar-refractivity contribution is 5.85. The second-order valence-electron chi connectivity index (χ2n) is 5.80. The normalized spacial score (nSPS) is 25.3. The second-order valence-corrected chi connectivity index (χ2v) is 5.80. The van der Waals surface area contributed by atoms with Gasteiger partial charge in [-0.05, 0) is 36.4 Å². The molecule has 1 unspecified atom stereocenters. The van der Waals surface area contributed by atoms with Gasteiger partial charge in [0.1, 0.15) is 0 Å². The van der Waals surface area contributed by atoms with E-state index in [1.807, 2.05) is 0 Å². The summed E-state index contributed by atoms with van der Waals surface area (Å²) in [6, 6.07) is 2.70. The molecule has 0 bridgehead atoms. The Morgan fingerprint density at radius 1 is 1.32 bits per heavy atom. The molecule has 1 aromatic carbocycles. The maximum absolute atomic E-state index is 13.3. The van der Waals surface area contributed by atoms with E-state index >= 15 is 0 Å². The molecule has 1 saturated heterocycles. The highest BCUT2D eigenvalue weighted by Crippen LogP contribution is 2.34. The minimum Gasteiger partial charge on any atom is -0.370 e. The summed E-state index contributed by atoms with van der Waals surface area (Å²) in [5.74, 6) is -1.47. The number of nitrogens with one attached hydrogen (secondary N) is 1. The molecule has 0 aliphatic carbocycles. The second kappa shape index (κ2) is 5.25. The van der Waals surface area contributed by atoms with Gasteiger partial charge in [-0.3, -0.25) is 0 Å². The Labute approximate surface area is 118 Å². The lowest BCUT2D eigenvalue weighted by atomic mass is 9.89. The Morgan fingerprint density at radius 3 is 2.74 bits per heavy atom. The zero-order valence-corrected chi connectivity index (χ0v) is 11.8. The topological polar surface area (TPSA) is 15.3 Å². The lowest BCUT2D eigenvalue weighted by molar-refractivity contribution is 0.367. The average Bonchev–Trinajstić information content (AvgIpc) is 2.89.